The van der Waals surface area contributed by atoms with E-state index in [0.29, 0.717) is 31.6 Å². The highest BCUT2D eigenvalue weighted by molar-refractivity contribution is 5.83. The first-order valence-corrected chi connectivity index (χ1v) is 7.37. The van der Waals surface area contributed by atoms with Gasteiger partial charge in [0, 0.05) is 31.7 Å². The molecule has 116 valence electrons. The maximum atomic E-state index is 12.0. The number of nitrogens with zero attached hydrogens (tertiary/aromatic N) is 2. The Morgan fingerprint density at radius 2 is 1.90 bits per heavy atom. The minimum atomic E-state index is -0.913. The largest absolute Gasteiger partial charge is 0.480 e. The van der Waals surface area contributed by atoms with Gasteiger partial charge in [0.1, 0.15) is 6.04 Å². The lowest BCUT2D eigenvalue weighted by atomic mass is 10.2. The first kappa shape index (κ1) is 16.8. The molecule has 0 spiro atoms. The van der Waals surface area contributed by atoms with Crippen LogP contribution in [0.5, 0.6) is 0 Å². The van der Waals surface area contributed by atoms with Gasteiger partial charge in [-0.3, -0.25) is 4.90 Å². The van der Waals surface area contributed by atoms with E-state index in [2.05, 4.69) is 37.9 Å². The molecule has 0 aliphatic carbocycles. The number of carbonyl (C=O) groups excluding carboxylic acids is 1. The second kappa shape index (κ2) is 7.47. The average molecular weight is 285 g/mol. The second-order valence-corrected chi connectivity index (χ2v) is 5.85. The molecule has 0 aromatic heterocycles. The van der Waals surface area contributed by atoms with Crippen LogP contribution in [0.2, 0.25) is 0 Å². The van der Waals surface area contributed by atoms with Crippen molar-refractivity contribution in [3.63, 3.8) is 0 Å². The minimum absolute atomic E-state index is 0.262. The fourth-order valence-electron chi connectivity index (χ4n) is 2.77. The minimum Gasteiger partial charge on any atom is -0.480 e. The zero-order chi connectivity index (χ0) is 15.3. The normalized spacial score (nSPS) is 19.1. The average Bonchev–Trinajstić information content (AvgIpc) is 2.82. The van der Waals surface area contributed by atoms with Gasteiger partial charge in [-0.1, -0.05) is 0 Å². The molecule has 0 bridgehead atoms. The van der Waals surface area contributed by atoms with Crippen LogP contribution in [0.15, 0.2) is 0 Å². The number of carboxylic acids is 1. The lowest BCUT2D eigenvalue weighted by Crippen LogP contribution is -2.48. The van der Waals surface area contributed by atoms with Crippen LogP contribution in [0.4, 0.5) is 4.79 Å². The third-order valence-electron chi connectivity index (χ3n) is 3.77. The molecular weight excluding hydrogens is 258 g/mol. The van der Waals surface area contributed by atoms with Crippen molar-refractivity contribution in [3.8, 4) is 0 Å². The summed E-state index contributed by atoms with van der Waals surface area (Å²) in [6.45, 7) is 10.3. The zero-order valence-corrected chi connectivity index (χ0v) is 12.9. The fraction of sp³-hybridized carbons (Fsp3) is 0.857. The molecule has 0 aromatic carbocycles. The standard InChI is InChI=1S/C14H27N3O3/c1-10(2)16(11(3)4)9-7-15-14(20)17-8-5-6-12(17)13(18)19/h10-12H,5-9H2,1-4H3,(H,15,20)(H,18,19)/t12-/m1/s1. The Morgan fingerprint density at radius 3 is 2.40 bits per heavy atom. The summed E-state index contributed by atoms with van der Waals surface area (Å²) in [6.07, 6.45) is 1.31. The lowest BCUT2D eigenvalue weighted by Gasteiger charge is -2.31. The van der Waals surface area contributed by atoms with E-state index < -0.39 is 12.0 Å². The number of likely N-dealkylation sites (tertiary alicyclic amines) is 1. The van der Waals surface area contributed by atoms with Gasteiger partial charge in [-0.15, -0.1) is 0 Å². The van der Waals surface area contributed by atoms with Gasteiger partial charge in [-0.05, 0) is 40.5 Å². The van der Waals surface area contributed by atoms with Crippen molar-refractivity contribution in [2.75, 3.05) is 19.6 Å². The van der Waals surface area contributed by atoms with Gasteiger partial charge in [0.25, 0.3) is 0 Å². The van der Waals surface area contributed by atoms with Crippen molar-refractivity contribution >= 4 is 12.0 Å². The highest BCUT2D eigenvalue weighted by Gasteiger charge is 2.33. The van der Waals surface area contributed by atoms with Gasteiger partial charge in [0.05, 0.1) is 0 Å². The number of urea groups is 1. The number of carbonyl (C=O) groups is 2. The summed E-state index contributed by atoms with van der Waals surface area (Å²) >= 11 is 0. The van der Waals surface area contributed by atoms with Crippen molar-refractivity contribution in [2.24, 2.45) is 0 Å². The first-order valence-electron chi connectivity index (χ1n) is 7.37. The number of aliphatic carboxylic acids is 1. The molecule has 0 radical (unpaired) electrons. The van der Waals surface area contributed by atoms with Gasteiger partial charge in [0.15, 0.2) is 0 Å². The number of rotatable bonds is 6. The third kappa shape index (κ3) is 4.37. The Kier molecular flexibility index (Phi) is 6.26. The van der Waals surface area contributed by atoms with Crippen LogP contribution in [0.1, 0.15) is 40.5 Å². The predicted molar refractivity (Wildman–Crippen MR) is 77.7 cm³/mol. The highest BCUT2D eigenvalue weighted by atomic mass is 16.4. The SMILES string of the molecule is CC(C)N(CCNC(=O)N1CCC[C@@H]1C(=O)O)C(C)C. The number of hydrogen-bond acceptors (Lipinski definition) is 3. The van der Waals surface area contributed by atoms with Crippen molar-refractivity contribution in [3.05, 3.63) is 0 Å². The number of amides is 2. The summed E-state index contributed by atoms with van der Waals surface area (Å²) in [5.74, 6) is -0.913. The van der Waals surface area contributed by atoms with E-state index in [1.165, 1.54) is 4.90 Å². The van der Waals surface area contributed by atoms with Gasteiger partial charge in [0.2, 0.25) is 0 Å². The molecule has 1 fully saturated rings. The van der Waals surface area contributed by atoms with Gasteiger partial charge < -0.3 is 15.3 Å². The molecule has 0 unspecified atom stereocenters. The summed E-state index contributed by atoms with van der Waals surface area (Å²) in [7, 11) is 0. The van der Waals surface area contributed by atoms with Gasteiger partial charge in [-0.25, -0.2) is 9.59 Å². The summed E-state index contributed by atoms with van der Waals surface area (Å²) < 4.78 is 0. The van der Waals surface area contributed by atoms with E-state index in [-0.39, 0.29) is 6.03 Å². The monoisotopic (exact) mass is 285 g/mol. The number of hydrogen-bond donors (Lipinski definition) is 2. The van der Waals surface area contributed by atoms with Crippen LogP contribution >= 0.6 is 0 Å². The van der Waals surface area contributed by atoms with Crippen LogP contribution in [0.25, 0.3) is 0 Å². The van der Waals surface area contributed by atoms with E-state index in [9.17, 15) is 9.59 Å². The highest BCUT2D eigenvalue weighted by Crippen LogP contribution is 2.17. The van der Waals surface area contributed by atoms with E-state index in [0.717, 1.165) is 13.0 Å². The molecule has 6 nitrogen and oxygen atoms in total. The molecule has 0 aromatic rings. The molecule has 1 atom stereocenters. The molecule has 2 N–H and O–H groups in total. The molecule has 6 heteroatoms. The first-order chi connectivity index (χ1) is 9.34. The summed E-state index contributed by atoms with van der Waals surface area (Å²) in [4.78, 5) is 26.8. The topological polar surface area (TPSA) is 72.9 Å². The fourth-order valence-corrected chi connectivity index (χ4v) is 2.77. The molecule has 1 heterocycles. The van der Waals surface area contributed by atoms with E-state index >= 15 is 0 Å². The Labute approximate surface area is 121 Å². The Balaban J connectivity index is 2.41. The van der Waals surface area contributed by atoms with Crippen molar-refractivity contribution < 1.29 is 14.7 Å². The van der Waals surface area contributed by atoms with Crippen molar-refractivity contribution in [1.82, 2.24) is 15.1 Å². The Hall–Kier alpha value is -1.30. The van der Waals surface area contributed by atoms with Crippen LogP contribution in [0.3, 0.4) is 0 Å². The molecule has 20 heavy (non-hydrogen) atoms. The maximum absolute atomic E-state index is 12.0. The third-order valence-corrected chi connectivity index (χ3v) is 3.77. The molecule has 1 aliphatic rings. The van der Waals surface area contributed by atoms with Crippen molar-refractivity contribution in [1.29, 1.82) is 0 Å². The number of nitrogens with one attached hydrogen (secondary N) is 1. The smallest absolute Gasteiger partial charge is 0.326 e. The molecule has 2 amide bonds. The molecule has 1 saturated heterocycles. The second-order valence-electron chi connectivity index (χ2n) is 5.85. The number of carboxylic acid groups (broad SMARTS) is 1. The Bertz CT molecular complexity index is 337. The maximum Gasteiger partial charge on any atom is 0.326 e. The molecule has 1 rings (SSSR count). The van der Waals surface area contributed by atoms with E-state index in [1.807, 2.05) is 0 Å². The lowest BCUT2D eigenvalue weighted by molar-refractivity contribution is -0.141. The van der Waals surface area contributed by atoms with Gasteiger partial charge >= 0.3 is 12.0 Å². The molecule has 1 aliphatic heterocycles. The van der Waals surface area contributed by atoms with Crippen LogP contribution in [-0.2, 0) is 4.79 Å². The summed E-state index contributed by atoms with van der Waals surface area (Å²) in [6, 6.07) is -0.0837. The van der Waals surface area contributed by atoms with Crippen LogP contribution < -0.4 is 5.32 Å². The predicted octanol–water partition coefficient (Wildman–Crippen LogP) is 1.36. The summed E-state index contributed by atoms with van der Waals surface area (Å²) in [5, 5.41) is 11.9. The quantitative estimate of drug-likeness (QED) is 0.773. The zero-order valence-electron chi connectivity index (χ0n) is 12.9. The summed E-state index contributed by atoms with van der Waals surface area (Å²) in [5.41, 5.74) is 0. The van der Waals surface area contributed by atoms with Crippen LogP contribution in [-0.4, -0.2) is 64.7 Å². The molecule has 0 saturated carbocycles. The van der Waals surface area contributed by atoms with E-state index in [1.54, 1.807) is 0 Å². The molecular formula is C14H27N3O3. The van der Waals surface area contributed by atoms with Crippen molar-refractivity contribution in [2.45, 2.75) is 58.7 Å². The van der Waals surface area contributed by atoms with E-state index in [4.69, 9.17) is 5.11 Å². The Morgan fingerprint density at radius 1 is 1.30 bits per heavy atom. The van der Waals surface area contributed by atoms with Crippen LogP contribution in [0, 0.1) is 0 Å². The van der Waals surface area contributed by atoms with Gasteiger partial charge in [-0.2, -0.15) is 0 Å².